The average Bonchev–Trinajstić information content (AvgIpc) is 3.16. The highest BCUT2D eigenvalue weighted by molar-refractivity contribution is 6.04. The molecule has 1 fully saturated rings. The van der Waals surface area contributed by atoms with Gasteiger partial charge in [-0.1, -0.05) is 54.6 Å². The predicted octanol–water partition coefficient (Wildman–Crippen LogP) is 4.42. The summed E-state index contributed by atoms with van der Waals surface area (Å²) in [5.41, 5.74) is 10.8. The van der Waals surface area contributed by atoms with Gasteiger partial charge in [0.2, 0.25) is 12.2 Å². The minimum atomic E-state index is -4.52. The fraction of sp³-hybridized carbons (Fsp3) is 0.308. The van der Waals surface area contributed by atoms with Gasteiger partial charge in [-0.2, -0.15) is 18.3 Å². The molecule has 3 aromatic rings. The van der Waals surface area contributed by atoms with E-state index in [0.717, 1.165) is 41.5 Å². The molecule has 1 saturated carbocycles. The molecule has 2 aromatic carbocycles. The van der Waals surface area contributed by atoms with E-state index in [0.29, 0.717) is 16.4 Å². The van der Waals surface area contributed by atoms with E-state index in [1.165, 1.54) is 4.90 Å². The molecule has 0 bridgehead atoms. The molecule has 0 spiro atoms. The highest BCUT2D eigenvalue weighted by Gasteiger charge is 2.44. The Morgan fingerprint density at radius 1 is 1.06 bits per heavy atom. The molecule has 0 amide bonds. The van der Waals surface area contributed by atoms with Crippen molar-refractivity contribution in [3.8, 4) is 28.3 Å². The molecular weight excluding hydrogens is 471 g/mol. The van der Waals surface area contributed by atoms with Crippen LogP contribution in [0, 0.1) is 0 Å². The maximum Gasteiger partial charge on any atom is 0.407 e. The maximum absolute atomic E-state index is 13.0. The van der Waals surface area contributed by atoms with Crippen LogP contribution < -0.4 is 15.4 Å². The van der Waals surface area contributed by atoms with E-state index < -0.39 is 19.1 Å². The smallest absolute Gasteiger partial charge is 0.407 e. The number of fused-ring (bicyclic) bond motifs is 3. The standard InChI is InChI=1S/C26H24F3N5O2/c27-26(28,29)15-33-24(35)34-20-13-19(16-5-2-1-3-6-16)22(31-23(20)36-14-21(34)32-33)17-7-9-18(10-8-17)25(30)11-4-12-25/h1-3,5-10,13,24,35H,4,11-12,14-15,30H2. The molecule has 1 atom stereocenters. The number of pyridine rings is 1. The molecule has 3 N–H and O–H groups in total. The normalized spacial score (nSPS) is 20.2. The van der Waals surface area contributed by atoms with Gasteiger partial charge in [-0.05, 0) is 36.5 Å². The average molecular weight is 496 g/mol. The Morgan fingerprint density at radius 2 is 1.78 bits per heavy atom. The first-order chi connectivity index (χ1) is 17.2. The predicted molar refractivity (Wildman–Crippen MR) is 129 cm³/mol. The van der Waals surface area contributed by atoms with E-state index in [2.05, 4.69) is 5.10 Å². The Hall–Kier alpha value is -3.63. The van der Waals surface area contributed by atoms with Gasteiger partial charge in [-0.3, -0.25) is 4.90 Å². The summed E-state index contributed by atoms with van der Waals surface area (Å²) in [4.78, 5) is 6.12. The lowest BCUT2D eigenvalue weighted by Gasteiger charge is -2.38. The minimum Gasteiger partial charge on any atom is -0.468 e. The second-order valence-corrected chi connectivity index (χ2v) is 9.40. The fourth-order valence-electron chi connectivity index (χ4n) is 4.94. The summed E-state index contributed by atoms with van der Waals surface area (Å²) < 4.78 is 44.8. The van der Waals surface area contributed by atoms with Crippen molar-refractivity contribution >= 4 is 11.5 Å². The number of nitrogens with zero attached hydrogens (tertiary/aromatic N) is 4. The molecule has 1 aliphatic carbocycles. The fourth-order valence-corrected chi connectivity index (χ4v) is 4.94. The van der Waals surface area contributed by atoms with Crippen molar-refractivity contribution in [2.24, 2.45) is 10.8 Å². The van der Waals surface area contributed by atoms with E-state index >= 15 is 0 Å². The quantitative estimate of drug-likeness (QED) is 0.557. The number of aromatic nitrogens is 1. The summed E-state index contributed by atoms with van der Waals surface area (Å²) >= 11 is 0. The number of rotatable bonds is 4. The van der Waals surface area contributed by atoms with Crippen LogP contribution in [0.25, 0.3) is 22.4 Å². The first-order valence-corrected chi connectivity index (χ1v) is 11.7. The van der Waals surface area contributed by atoms with Crippen LogP contribution in [-0.4, -0.2) is 46.6 Å². The van der Waals surface area contributed by atoms with Crippen LogP contribution in [0.4, 0.5) is 18.9 Å². The number of hydrogen-bond donors (Lipinski definition) is 2. The highest BCUT2D eigenvalue weighted by atomic mass is 19.4. The number of ether oxygens (including phenoxy) is 1. The number of benzene rings is 2. The third kappa shape index (κ3) is 3.86. The number of aliphatic hydroxyl groups excluding tert-OH is 1. The van der Waals surface area contributed by atoms with Crippen LogP contribution in [-0.2, 0) is 5.54 Å². The van der Waals surface area contributed by atoms with Crippen molar-refractivity contribution in [3.05, 3.63) is 66.2 Å². The Balaban J connectivity index is 1.43. The first-order valence-electron chi connectivity index (χ1n) is 11.7. The first kappa shape index (κ1) is 22.8. The zero-order valence-corrected chi connectivity index (χ0v) is 19.2. The van der Waals surface area contributed by atoms with Crippen molar-refractivity contribution in [1.82, 2.24) is 9.99 Å². The Morgan fingerprint density at radius 3 is 2.42 bits per heavy atom. The topological polar surface area (TPSA) is 87.2 Å². The molecule has 3 heterocycles. The molecule has 3 aliphatic rings. The minimum absolute atomic E-state index is 0.107. The van der Waals surface area contributed by atoms with Crippen LogP contribution in [0.2, 0.25) is 0 Å². The van der Waals surface area contributed by atoms with E-state index in [4.69, 9.17) is 15.5 Å². The number of alkyl halides is 3. The van der Waals surface area contributed by atoms with Gasteiger partial charge in [0.1, 0.15) is 18.8 Å². The van der Waals surface area contributed by atoms with Crippen molar-refractivity contribution in [2.75, 3.05) is 18.1 Å². The summed E-state index contributed by atoms with van der Waals surface area (Å²) in [6.45, 7) is -1.49. The second kappa shape index (κ2) is 8.21. The highest BCUT2D eigenvalue weighted by Crippen LogP contribution is 2.44. The molecule has 2 aliphatic heterocycles. The van der Waals surface area contributed by atoms with Crippen LogP contribution in [0.15, 0.2) is 65.8 Å². The van der Waals surface area contributed by atoms with Gasteiger partial charge in [0, 0.05) is 16.7 Å². The molecule has 7 nitrogen and oxygen atoms in total. The van der Waals surface area contributed by atoms with Crippen molar-refractivity contribution in [1.29, 1.82) is 0 Å². The van der Waals surface area contributed by atoms with E-state index in [-0.39, 0.29) is 23.9 Å². The summed E-state index contributed by atoms with van der Waals surface area (Å²) in [6.07, 6.45) is -3.11. The number of amidine groups is 1. The summed E-state index contributed by atoms with van der Waals surface area (Å²) in [7, 11) is 0. The summed E-state index contributed by atoms with van der Waals surface area (Å²) in [5, 5.41) is 15.3. The maximum atomic E-state index is 13.0. The van der Waals surface area contributed by atoms with Gasteiger partial charge in [-0.15, -0.1) is 0 Å². The Labute approximate surface area is 205 Å². The van der Waals surface area contributed by atoms with Crippen LogP contribution in [0.1, 0.15) is 24.8 Å². The van der Waals surface area contributed by atoms with Gasteiger partial charge in [0.05, 0.1) is 5.69 Å². The summed E-state index contributed by atoms with van der Waals surface area (Å²) in [5.74, 6) is 0.404. The van der Waals surface area contributed by atoms with E-state index in [9.17, 15) is 18.3 Å². The number of aliphatic hydroxyl groups is 1. The molecule has 186 valence electrons. The molecule has 1 unspecified atom stereocenters. The van der Waals surface area contributed by atoms with Crippen LogP contribution in [0.5, 0.6) is 5.88 Å². The van der Waals surface area contributed by atoms with Crippen molar-refractivity contribution < 1.29 is 23.0 Å². The Bertz CT molecular complexity index is 1320. The SMILES string of the molecule is NC1(c2ccc(-c3nc4c(cc3-c3ccccc3)N3C(=NN(CC(F)(F)F)C3O)CO4)cc2)CCC1. The molecule has 0 saturated heterocycles. The molecule has 0 radical (unpaired) electrons. The largest absolute Gasteiger partial charge is 0.468 e. The number of nitrogens with two attached hydrogens (primary N) is 1. The Kier molecular flexibility index (Phi) is 5.20. The number of hydrazone groups is 1. The molecule has 36 heavy (non-hydrogen) atoms. The second-order valence-electron chi connectivity index (χ2n) is 9.40. The van der Waals surface area contributed by atoms with Gasteiger partial charge in [-0.25, -0.2) is 9.99 Å². The molecule has 6 rings (SSSR count). The zero-order valence-electron chi connectivity index (χ0n) is 19.2. The van der Waals surface area contributed by atoms with E-state index in [1.54, 1.807) is 6.07 Å². The number of hydrogen-bond acceptors (Lipinski definition) is 7. The summed E-state index contributed by atoms with van der Waals surface area (Å²) in [6, 6.07) is 19.3. The third-order valence-corrected chi connectivity index (χ3v) is 6.99. The lowest BCUT2D eigenvalue weighted by molar-refractivity contribution is -0.162. The van der Waals surface area contributed by atoms with Crippen molar-refractivity contribution in [2.45, 2.75) is 37.3 Å². The lowest BCUT2D eigenvalue weighted by atomic mass is 9.72. The van der Waals surface area contributed by atoms with Gasteiger partial charge in [0.25, 0.3) is 0 Å². The zero-order chi connectivity index (χ0) is 25.1. The van der Waals surface area contributed by atoms with Gasteiger partial charge >= 0.3 is 6.18 Å². The molecule has 1 aromatic heterocycles. The number of anilines is 1. The lowest BCUT2D eigenvalue weighted by Crippen LogP contribution is -2.47. The van der Waals surface area contributed by atoms with Crippen LogP contribution >= 0.6 is 0 Å². The van der Waals surface area contributed by atoms with E-state index in [1.807, 2.05) is 54.6 Å². The number of halogens is 3. The van der Waals surface area contributed by atoms with Gasteiger partial charge < -0.3 is 15.6 Å². The molecular formula is C26H24F3N5O2. The van der Waals surface area contributed by atoms with Crippen molar-refractivity contribution in [3.63, 3.8) is 0 Å². The van der Waals surface area contributed by atoms with Crippen LogP contribution in [0.3, 0.4) is 0 Å². The monoisotopic (exact) mass is 495 g/mol. The van der Waals surface area contributed by atoms with Gasteiger partial charge in [0.15, 0.2) is 5.84 Å². The molecule has 10 heteroatoms. The third-order valence-electron chi connectivity index (χ3n) is 6.99.